The average molecular weight is 245 g/mol. The third kappa shape index (κ3) is 1.80. The number of rotatable bonds is 1. The lowest BCUT2D eigenvalue weighted by Crippen LogP contribution is -2.37. The maximum Gasteiger partial charge on any atom is 0.259 e. The first-order valence-corrected chi connectivity index (χ1v) is 6.36. The average Bonchev–Trinajstić information content (AvgIpc) is 2.91. The summed E-state index contributed by atoms with van der Waals surface area (Å²) in [6.07, 6.45) is 0. The summed E-state index contributed by atoms with van der Waals surface area (Å²) in [6, 6.07) is 9.49. The third-order valence-electron chi connectivity index (χ3n) is 2.74. The van der Waals surface area contributed by atoms with Crippen molar-refractivity contribution in [2.24, 2.45) is 0 Å². The molecule has 0 bridgehead atoms. The van der Waals surface area contributed by atoms with Crippen molar-refractivity contribution in [2.75, 3.05) is 18.1 Å². The summed E-state index contributed by atoms with van der Waals surface area (Å²) >= 11 is 1.53. The van der Waals surface area contributed by atoms with E-state index >= 15 is 0 Å². The number of ether oxygens (including phenoxy) is 1. The van der Waals surface area contributed by atoms with E-state index in [4.69, 9.17) is 4.74 Å². The summed E-state index contributed by atoms with van der Waals surface area (Å²) in [5, 5.41) is 3.79. The van der Waals surface area contributed by atoms with Crippen LogP contribution in [0.2, 0.25) is 0 Å². The van der Waals surface area contributed by atoms with Gasteiger partial charge in [0.25, 0.3) is 5.91 Å². The van der Waals surface area contributed by atoms with Crippen LogP contribution in [0, 0.1) is 0 Å². The molecule has 3 nitrogen and oxygen atoms in total. The van der Waals surface area contributed by atoms with Crippen LogP contribution in [0.5, 0.6) is 5.75 Å². The molecule has 0 N–H and O–H groups in total. The molecule has 0 unspecified atom stereocenters. The molecule has 1 aromatic heterocycles. The highest BCUT2D eigenvalue weighted by Crippen LogP contribution is 2.32. The Bertz CT molecular complexity index is 536. The fourth-order valence-corrected chi connectivity index (χ4v) is 2.55. The van der Waals surface area contributed by atoms with Crippen LogP contribution in [0.25, 0.3) is 0 Å². The van der Waals surface area contributed by atoms with Crippen molar-refractivity contribution < 1.29 is 9.53 Å². The molecule has 0 saturated heterocycles. The van der Waals surface area contributed by atoms with Crippen LogP contribution in [0.15, 0.2) is 41.1 Å². The topological polar surface area (TPSA) is 29.5 Å². The van der Waals surface area contributed by atoms with Gasteiger partial charge in [0.05, 0.1) is 17.8 Å². The Labute approximate surface area is 103 Å². The number of carbonyl (C=O) groups excluding carboxylic acids is 1. The van der Waals surface area contributed by atoms with E-state index in [-0.39, 0.29) is 5.91 Å². The molecular weight excluding hydrogens is 234 g/mol. The van der Waals surface area contributed by atoms with Crippen molar-refractivity contribution in [3.63, 3.8) is 0 Å². The third-order valence-corrected chi connectivity index (χ3v) is 3.43. The van der Waals surface area contributed by atoms with Crippen molar-refractivity contribution in [2.45, 2.75) is 0 Å². The van der Waals surface area contributed by atoms with Gasteiger partial charge in [-0.25, -0.2) is 0 Å². The number of nitrogens with zero attached hydrogens (tertiary/aromatic N) is 1. The van der Waals surface area contributed by atoms with Crippen LogP contribution >= 0.6 is 11.3 Å². The molecule has 4 heteroatoms. The van der Waals surface area contributed by atoms with Crippen molar-refractivity contribution >= 4 is 22.9 Å². The molecule has 0 atom stereocenters. The lowest BCUT2D eigenvalue weighted by Gasteiger charge is -2.29. The Kier molecular flexibility index (Phi) is 2.57. The van der Waals surface area contributed by atoms with E-state index in [1.807, 2.05) is 41.1 Å². The molecule has 1 aromatic carbocycles. The van der Waals surface area contributed by atoms with Crippen molar-refractivity contribution in [3.8, 4) is 5.75 Å². The highest BCUT2D eigenvalue weighted by atomic mass is 32.1. The molecule has 0 fully saturated rings. The second-order valence-corrected chi connectivity index (χ2v) is 4.57. The maximum atomic E-state index is 12.3. The van der Waals surface area contributed by atoms with Gasteiger partial charge in [-0.3, -0.25) is 4.79 Å². The molecule has 1 amide bonds. The number of hydrogen-bond acceptors (Lipinski definition) is 3. The number of carbonyl (C=O) groups is 1. The van der Waals surface area contributed by atoms with Gasteiger partial charge in [-0.1, -0.05) is 12.1 Å². The summed E-state index contributed by atoms with van der Waals surface area (Å²) < 4.78 is 5.53. The highest BCUT2D eigenvalue weighted by Gasteiger charge is 2.24. The quantitative estimate of drug-likeness (QED) is 0.773. The number of thiophene rings is 1. The van der Waals surface area contributed by atoms with Crippen molar-refractivity contribution in [1.29, 1.82) is 0 Å². The largest absolute Gasteiger partial charge is 0.490 e. The lowest BCUT2D eigenvalue weighted by molar-refractivity contribution is 0.0977. The number of para-hydroxylation sites is 2. The highest BCUT2D eigenvalue weighted by molar-refractivity contribution is 7.08. The van der Waals surface area contributed by atoms with Gasteiger partial charge in [-0.2, -0.15) is 11.3 Å². The first kappa shape index (κ1) is 10.4. The Hall–Kier alpha value is -1.81. The number of anilines is 1. The van der Waals surface area contributed by atoms with Crippen LogP contribution in [0.4, 0.5) is 5.69 Å². The Morgan fingerprint density at radius 1 is 1.29 bits per heavy atom. The minimum absolute atomic E-state index is 0.0435. The summed E-state index contributed by atoms with van der Waals surface area (Å²) in [4.78, 5) is 14.1. The molecule has 3 rings (SSSR count). The number of benzene rings is 1. The van der Waals surface area contributed by atoms with E-state index in [9.17, 15) is 4.79 Å². The van der Waals surface area contributed by atoms with Crippen LogP contribution in [0.1, 0.15) is 10.4 Å². The molecule has 86 valence electrons. The molecule has 1 aliphatic rings. The first-order valence-electron chi connectivity index (χ1n) is 5.42. The van der Waals surface area contributed by atoms with E-state index in [1.165, 1.54) is 11.3 Å². The van der Waals surface area contributed by atoms with Gasteiger partial charge in [-0.05, 0) is 23.6 Å². The van der Waals surface area contributed by atoms with Crippen LogP contribution in [0.3, 0.4) is 0 Å². The predicted octanol–water partition coefficient (Wildman–Crippen LogP) is 2.79. The van der Waals surface area contributed by atoms with Crippen LogP contribution < -0.4 is 9.64 Å². The maximum absolute atomic E-state index is 12.3. The standard InChI is InChI=1S/C13H11NO2S/c15-13(10-5-8-17-9-10)14-6-7-16-12-4-2-1-3-11(12)14/h1-5,8-9H,6-7H2. The minimum atomic E-state index is 0.0435. The molecule has 0 radical (unpaired) electrons. The van der Waals surface area contributed by atoms with E-state index < -0.39 is 0 Å². The van der Waals surface area contributed by atoms with E-state index in [2.05, 4.69) is 0 Å². The molecule has 0 aliphatic carbocycles. The number of fused-ring (bicyclic) bond motifs is 1. The summed E-state index contributed by atoms with van der Waals surface area (Å²) in [5.74, 6) is 0.823. The van der Waals surface area contributed by atoms with Crippen LogP contribution in [-0.2, 0) is 0 Å². The monoisotopic (exact) mass is 245 g/mol. The number of hydrogen-bond donors (Lipinski definition) is 0. The van der Waals surface area contributed by atoms with Crippen LogP contribution in [-0.4, -0.2) is 19.1 Å². The van der Waals surface area contributed by atoms with Gasteiger partial charge in [0.2, 0.25) is 0 Å². The molecular formula is C13H11NO2S. The second-order valence-electron chi connectivity index (χ2n) is 3.79. The normalized spacial score (nSPS) is 14.0. The smallest absolute Gasteiger partial charge is 0.259 e. The molecule has 1 aliphatic heterocycles. The lowest BCUT2D eigenvalue weighted by atomic mass is 10.2. The first-order chi connectivity index (χ1) is 8.36. The second kappa shape index (κ2) is 4.22. The number of amides is 1. The van der Waals surface area contributed by atoms with Gasteiger partial charge >= 0.3 is 0 Å². The summed E-state index contributed by atoms with van der Waals surface area (Å²) in [6.45, 7) is 1.15. The zero-order chi connectivity index (χ0) is 11.7. The molecule has 2 heterocycles. The van der Waals surface area contributed by atoms with E-state index in [0.29, 0.717) is 13.2 Å². The minimum Gasteiger partial charge on any atom is -0.490 e. The summed E-state index contributed by atoms with van der Waals surface area (Å²) in [5.41, 5.74) is 1.60. The fourth-order valence-electron chi connectivity index (χ4n) is 1.92. The Balaban J connectivity index is 1.98. The Morgan fingerprint density at radius 3 is 3.00 bits per heavy atom. The van der Waals surface area contributed by atoms with Crippen molar-refractivity contribution in [3.05, 3.63) is 46.7 Å². The zero-order valence-corrected chi connectivity index (χ0v) is 9.94. The van der Waals surface area contributed by atoms with E-state index in [1.54, 1.807) is 4.90 Å². The zero-order valence-electron chi connectivity index (χ0n) is 9.13. The fraction of sp³-hybridized carbons (Fsp3) is 0.154. The Morgan fingerprint density at radius 2 is 2.18 bits per heavy atom. The summed E-state index contributed by atoms with van der Waals surface area (Å²) in [7, 11) is 0. The molecule has 2 aromatic rings. The van der Waals surface area contributed by atoms with Gasteiger partial charge < -0.3 is 9.64 Å². The molecule has 0 spiro atoms. The SMILES string of the molecule is O=C(c1ccsc1)N1CCOc2ccccc21. The van der Waals surface area contributed by atoms with E-state index in [0.717, 1.165) is 17.0 Å². The van der Waals surface area contributed by atoms with Crippen molar-refractivity contribution in [1.82, 2.24) is 0 Å². The van der Waals surface area contributed by atoms with Gasteiger partial charge in [0.1, 0.15) is 12.4 Å². The van der Waals surface area contributed by atoms with Gasteiger partial charge in [0.15, 0.2) is 0 Å². The molecule has 17 heavy (non-hydrogen) atoms. The molecule has 0 saturated carbocycles. The van der Waals surface area contributed by atoms with Gasteiger partial charge in [0, 0.05) is 5.38 Å². The predicted molar refractivity (Wildman–Crippen MR) is 67.9 cm³/mol. The van der Waals surface area contributed by atoms with Gasteiger partial charge in [-0.15, -0.1) is 0 Å².